The molecule has 0 aliphatic heterocycles. The highest BCUT2D eigenvalue weighted by Crippen LogP contribution is 2.34. The second kappa shape index (κ2) is 6.81. The number of rotatable bonds is 2. The summed E-state index contributed by atoms with van der Waals surface area (Å²) in [4.78, 5) is 18.4. The molecule has 0 fully saturated rings. The normalized spacial score (nSPS) is 21.0. The molecule has 0 radical (unpaired) electrons. The predicted molar refractivity (Wildman–Crippen MR) is 99.8 cm³/mol. The minimum atomic E-state index is -0.150. The number of carbonyl (C=O) groups is 1. The lowest BCUT2D eigenvalue weighted by Crippen LogP contribution is -2.23. The van der Waals surface area contributed by atoms with Crippen LogP contribution in [-0.2, 0) is 17.7 Å². The SMILES string of the molecule is O=C1/C(=N/OC2CCCc3ccc(Cl)cc32)CCc2ccc(Cl)cc21. The molecular weight excluding hydrogens is 357 g/mol. The van der Waals surface area contributed by atoms with E-state index in [2.05, 4.69) is 5.16 Å². The summed E-state index contributed by atoms with van der Waals surface area (Å²) >= 11 is 12.2. The minimum absolute atomic E-state index is 0.0918. The molecule has 0 N–H and O–H groups in total. The molecule has 0 aromatic heterocycles. The number of ketones is 1. The molecule has 5 heteroatoms. The van der Waals surface area contributed by atoms with Crippen LogP contribution in [0.3, 0.4) is 0 Å². The topological polar surface area (TPSA) is 38.7 Å². The number of hydrogen-bond donors (Lipinski definition) is 0. The fourth-order valence-electron chi connectivity index (χ4n) is 3.55. The lowest BCUT2D eigenvalue weighted by atomic mass is 9.89. The number of Topliss-reactive ketones (excluding diaryl/α,β-unsaturated/α-hetero) is 1. The van der Waals surface area contributed by atoms with Crippen LogP contribution < -0.4 is 0 Å². The summed E-state index contributed by atoms with van der Waals surface area (Å²) in [6.07, 6.45) is 4.14. The predicted octanol–water partition coefficient (Wildman–Crippen LogP) is 5.57. The van der Waals surface area contributed by atoms with Crippen LogP contribution >= 0.6 is 23.2 Å². The van der Waals surface area contributed by atoms with Crippen molar-refractivity contribution in [1.29, 1.82) is 0 Å². The molecule has 2 aliphatic carbocycles. The first kappa shape index (κ1) is 16.6. The van der Waals surface area contributed by atoms with Crippen molar-refractivity contribution in [2.24, 2.45) is 5.16 Å². The molecule has 0 heterocycles. The maximum absolute atomic E-state index is 12.7. The number of fused-ring (bicyclic) bond motifs is 2. The zero-order valence-corrected chi connectivity index (χ0v) is 15.1. The molecule has 0 saturated heterocycles. The highest BCUT2D eigenvalue weighted by molar-refractivity contribution is 6.47. The van der Waals surface area contributed by atoms with E-state index in [0.717, 1.165) is 36.8 Å². The van der Waals surface area contributed by atoms with Gasteiger partial charge in [-0.1, -0.05) is 40.5 Å². The maximum atomic E-state index is 12.7. The van der Waals surface area contributed by atoms with Crippen LogP contribution in [0.1, 0.15) is 52.4 Å². The second-order valence-corrected chi connectivity index (χ2v) is 7.37. The number of oxime groups is 1. The van der Waals surface area contributed by atoms with Crippen molar-refractivity contribution in [2.75, 3.05) is 0 Å². The van der Waals surface area contributed by atoms with E-state index in [9.17, 15) is 4.79 Å². The Bertz CT molecular complexity index is 876. The van der Waals surface area contributed by atoms with Gasteiger partial charge in [-0.3, -0.25) is 4.79 Å². The third-order valence-corrected chi connectivity index (χ3v) is 5.34. The fraction of sp³-hybridized carbons (Fsp3) is 0.300. The Morgan fingerprint density at radius 3 is 2.56 bits per heavy atom. The van der Waals surface area contributed by atoms with Gasteiger partial charge in [0.15, 0.2) is 6.10 Å². The minimum Gasteiger partial charge on any atom is -0.387 e. The summed E-state index contributed by atoms with van der Waals surface area (Å²) in [5.41, 5.74) is 4.43. The lowest BCUT2D eigenvalue weighted by molar-refractivity contribution is 0.0449. The van der Waals surface area contributed by atoms with Crippen LogP contribution in [0.2, 0.25) is 10.0 Å². The van der Waals surface area contributed by atoms with E-state index < -0.39 is 0 Å². The number of halogens is 2. The molecule has 128 valence electrons. The Hall–Kier alpha value is -1.84. The van der Waals surface area contributed by atoms with Gasteiger partial charge in [-0.15, -0.1) is 0 Å². The second-order valence-electron chi connectivity index (χ2n) is 6.50. The van der Waals surface area contributed by atoms with Crippen LogP contribution in [0.15, 0.2) is 41.6 Å². The van der Waals surface area contributed by atoms with Gasteiger partial charge in [-0.25, -0.2) is 0 Å². The molecule has 1 atom stereocenters. The number of carbonyl (C=O) groups excluding carboxylic acids is 1. The van der Waals surface area contributed by atoms with Crippen LogP contribution in [-0.4, -0.2) is 11.5 Å². The summed E-state index contributed by atoms with van der Waals surface area (Å²) in [6, 6.07) is 11.3. The number of aryl methyl sites for hydroxylation is 2. The third kappa shape index (κ3) is 3.31. The van der Waals surface area contributed by atoms with Crippen LogP contribution in [0.4, 0.5) is 0 Å². The van der Waals surface area contributed by atoms with Crippen molar-refractivity contribution in [1.82, 2.24) is 0 Å². The van der Waals surface area contributed by atoms with Gasteiger partial charge in [0.2, 0.25) is 5.78 Å². The van der Waals surface area contributed by atoms with Crippen molar-refractivity contribution in [3.05, 3.63) is 68.7 Å². The average molecular weight is 374 g/mol. The summed E-state index contributed by atoms with van der Waals surface area (Å²) in [6.45, 7) is 0. The standard InChI is InChI=1S/C20H17Cl2NO2/c21-14-7-4-12-2-1-3-19(16(12)10-14)25-23-18-9-6-13-5-8-15(22)11-17(13)20(18)24/h4-5,7-8,10-11,19H,1-3,6,9H2/b23-18+. The number of nitrogens with zero attached hydrogens (tertiary/aromatic N) is 1. The van der Waals surface area contributed by atoms with E-state index >= 15 is 0 Å². The van der Waals surface area contributed by atoms with E-state index in [1.54, 1.807) is 6.07 Å². The maximum Gasteiger partial charge on any atom is 0.210 e. The first-order valence-corrected chi connectivity index (χ1v) is 9.21. The van der Waals surface area contributed by atoms with Gasteiger partial charge in [0.1, 0.15) is 5.71 Å². The number of benzene rings is 2. The Morgan fingerprint density at radius 2 is 1.72 bits per heavy atom. The van der Waals surface area contributed by atoms with E-state index in [4.69, 9.17) is 28.0 Å². The van der Waals surface area contributed by atoms with Crippen molar-refractivity contribution >= 4 is 34.7 Å². The van der Waals surface area contributed by atoms with Gasteiger partial charge in [0.25, 0.3) is 0 Å². The summed E-state index contributed by atoms with van der Waals surface area (Å²) in [5.74, 6) is -0.0918. The Labute approximate surface area is 156 Å². The molecule has 0 saturated carbocycles. The van der Waals surface area contributed by atoms with E-state index in [1.807, 2.05) is 30.3 Å². The zero-order chi connectivity index (χ0) is 17.4. The highest BCUT2D eigenvalue weighted by atomic mass is 35.5. The molecule has 0 bridgehead atoms. The van der Waals surface area contributed by atoms with Gasteiger partial charge >= 0.3 is 0 Å². The average Bonchev–Trinajstić information content (AvgIpc) is 2.62. The van der Waals surface area contributed by atoms with Crippen molar-refractivity contribution in [2.45, 2.75) is 38.2 Å². The van der Waals surface area contributed by atoms with Gasteiger partial charge in [-0.05, 0) is 66.6 Å². The Morgan fingerprint density at radius 1 is 0.960 bits per heavy atom. The van der Waals surface area contributed by atoms with Crippen LogP contribution in [0.25, 0.3) is 0 Å². The third-order valence-electron chi connectivity index (χ3n) is 4.87. The van der Waals surface area contributed by atoms with E-state index in [1.165, 1.54) is 5.56 Å². The molecular formula is C20H17Cl2NO2. The summed E-state index contributed by atoms with van der Waals surface area (Å²) < 4.78 is 0. The van der Waals surface area contributed by atoms with Crippen LogP contribution in [0.5, 0.6) is 0 Å². The van der Waals surface area contributed by atoms with Crippen molar-refractivity contribution < 1.29 is 9.63 Å². The van der Waals surface area contributed by atoms with Gasteiger partial charge in [0.05, 0.1) is 0 Å². The first-order chi connectivity index (χ1) is 12.1. The summed E-state index contributed by atoms with van der Waals surface area (Å²) in [5, 5.41) is 5.48. The molecule has 3 nitrogen and oxygen atoms in total. The van der Waals surface area contributed by atoms with Crippen molar-refractivity contribution in [3.8, 4) is 0 Å². The van der Waals surface area contributed by atoms with Crippen LogP contribution in [0, 0.1) is 0 Å². The highest BCUT2D eigenvalue weighted by Gasteiger charge is 2.26. The molecule has 1 unspecified atom stereocenters. The van der Waals surface area contributed by atoms with E-state index in [-0.39, 0.29) is 11.9 Å². The molecule has 0 spiro atoms. The molecule has 2 aromatic carbocycles. The van der Waals surface area contributed by atoms with E-state index in [0.29, 0.717) is 27.7 Å². The molecule has 2 aromatic rings. The monoisotopic (exact) mass is 373 g/mol. The summed E-state index contributed by atoms with van der Waals surface area (Å²) in [7, 11) is 0. The lowest BCUT2D eigenvalue weighted by Gasteiger charge is -2.24. The molecule has 0 amide bonds. The smallest absolute Gasteiger partial charge is 0.210 e. The fourth-order valence-corrected chi connectivity index (χ4v) is 3.90. The number of hydrogen-bond acceptors (Lipinski definition) is 3. The van der Waals surface area contributed by atoms with Crippen molar-refractivity contribution in [3.63, 3.8) is 0 Å². The van der Waals surface area contributed by atoms with Gasteiger partial charge in [-0.2, -0.15) is 0 Å². The Kier molecular flexibility index (Phi) is 4.53. The largest absolute Gasteiger partial charge is 0.387 e. The molecule has 2 aliphatic rings. The van der Waals surface area contributed by atoms with Gasteiger partial charge < -0.3 is 4.84 Å². The quantitative estimate of drug-likeness (QED) is 0.645. The Balaban J connectivity index is 1.58. The first-order valence-electron chi connectivity index (χ1n) is 8.46. The molecule has 25 heavy (non-hydrogen) atoms. The zero-order valence-electron chi connectivity index (χ0n) is 13.6. The molecule has 4 rings (SSSR count). The van der Waals surface area contributed by atoms with Gasteiger partial charge in [0, 0.05) is 22.0 Å².